The van der Waals surface area contributed by atoms with Crippen LogP contribution in [0.2, 0.25) is 0 Å². The fourth-order valence-corrected chi connectivity index (χ4v) is 3.02. The first-order valence-electron chi connectivity index (χ1n) is 8.07. The van der Waals surface area contributed by atoms with Crippen molar-refractivity contribution in [2.24, 2.45) is 5.14 Å². The molecule has 1 amide bonds. The predicted molar refractivity (Wildman–Crippen MR) is 104 cm³/mol. The Morgan fingerprint density at radius 3 is 2.50 bits per heavy atom. The highest BCUT2D eigenvalue weighted by Crippen LogP contribution is 2.09. The lowest BCUT2D eigenvalue weighted by molar-refractivity contribution is -0.141. The molecule has 28 heavy (non-hydrogen) atoms. The van der Waals surface area contributed by atoms with Gasteiger partial charge in [0.2, 0.25) is 15.9 Å². The van der Waals surface area contributed by atoms with E-state index in [1.165, 1.54) is 36.8 Å². The molecule has 0 bridgehead atoms. The molecule has 0 radical (unpaired) electrons. The molecule has 1 aromatic heterocycles. The summed E-state index contributed by atoms with van der Waals surface area (Å²) >= 11 is 5.19. The highest BCUT2D eigenvalue weighted by molar-refractivity contribution is 7.89. The number of imidazole rings is 1. The lowest BCUT2D eigenvalue weighted by Gasteiger charge is -2.14. The van der Waals surface area contributed by atoms with Crippen molar-refractivity contribution in [3.63, 3.8) is 0 Å². The largest absolute Gasteiger partial charge is 0.480 e. The number of aliphatic carboxylic acids is 1. The molecular weight excluding hydrogens is 406 g/mol. The summed E-state index contributed by atoms with van der Waals surface area (Å²) in [6.07, 6.45) is 3.01. The smallest absolute Gasteiger partial charge is 0.326 e. The SMILES string of the molecule is NS(=O)(=O)c1ccc(C(=S)NCCC(=O)N[C@@H](Cc2cnc[nH]2)C(=O)O)cc1. The van der Waals surface area contributed by atoms with E-state index >= 15 is 0 Å². The highest BCUT2D eigenvalue weighted by atomic mass is 32.2. The van der Waals surface area contributed by atoms with Crippen molar-refractivity contribution in [2.75, 3.05) is 6.54 Å². The molecule has 0 spiro atoms. The highest BCUT2D eigenvalue weighted by Gasteiger charge is 2.20. The quantitative estimate of drug-likeness (QED) is 0.336. The van der Waals surface area contributed by atoms with Gasteiger partial charge in [0.25, 0.3) is 0 Å². The summed E-state index contributed by atoms with van der Waals surface area (Å²) in [5.41, 5.74) is 1.15. The van der Waals surface area contributed by atoms with Gasteiger partial charge in [0.05, 0.1) is 11.2 Å². The third kappa shape index (κ3) is 6.40. The number of carboxylic acid groups (broad SMARTS) is 1. The predicted octanol–water partition coefficient (Wildman–Crippen LogP) is -0.476. The summed E-state index contributed by atoms with van der Waals surface area (Å²) in [5, 5.41) is 19.6. The molecule has 150 valence electrons. The number of carbonyl (C=O) groups excluding carboxylic acids is 1. The van der Waals surface area contributed by atoms with Crippen molar-refractivity contribution >= 4 is 39.1 Å². The molecule has 1 heterocycles. The first-order chi connectivity index (χ1) is 13.2. The first kappa shape index (κ1) is 21.5. The van der Waals surface area contributed by atoms with E-state index in [0.717, 1.165) is 0 Å². The molecule has 10 nitrogen and oxygen atoms in total. The number of primary sulfonamides is 1. The Balaban J connectivity index is 1.82. The summed E-state index contributed by atoms with van der Waals surface area (Å²) < 4.78 is 22.5. The summed E-state index contributed by atoms with van der Waals surface area (Å²) in [6, 6.07) is 4.59. The van der Waals surface area contributed by atoms with E-state index in [1.54, 1.807) is 0 Å². The zero-order chi connectivity index (χ0) is 20.7. The number of H-pyrrole nitrogens is 1. The number of hydrogen-bond acceptors (Lipinski definition) is 6. The van der Waals surface area contributed by atoms with E-state index in [0.29, 0.717) is 16.2 Å². The number of hydrogen-bond donors (Lipinski definition) is 5. The number of sulfonamides is 1. The van der Waals surface area contributed by atoms with Crippen molar-refractivity contribution in [1.29, 1.82) is 0 Å². The van der Waals surface area contributed by atoms with Gasteiger partial charge in [-0.3, -0.25) is 4.79 Å². The van der Waals surface area contributed by atoms with Crippen molar-refractivity contribution in [2.45, 2.75) is 23.8 Å². The fourth-order valence-electron chi connectivity index (χ4n) is 2.27. The summed E-state index contributed by atoms with van der Waals surface area (Å²) in [7, 11) is -3.78. The molecular formula is C16H19N5O5S2. The van der Waals surface area contributed by atoms with E-state index in [1.807, 2.05) is 0 Å². The Kier molecular flexibility index (Phi) is 7.20. The van der Waals surface area contributed by atoms with E-state index in [-0.39, 0.29) is 24.3 Å². The Morgan fingerprint density at radius 1 is 1.29 bits per heavy atom. The van der Waals surface area contributed by atoms with E-state index in [4.69, 9.17) is 17.4 Å². The Hall–Kier alpha value is -2.83. The molecule has 1 atom stereocenters. The van der Waals surface area contributed by atoms with Crippen LogP contribution in [-0.4, -0.2) is 52.9 Å². The summed E-state index contributed by atoms with van der Waals surface area (Å²) in [4.78, 5) is 30.2. The van der Waals surface area contributed by atoms with E-state index < -0.39 is 27.9 Å². The van der Waals surface area contributed by atoms with E-state index in [2.05, 4.69) is 20.6 Å². The van der Waals surface area contributed by atoms with Gasteiger partial charge < -0.3 is 20.7 Å². The van der Waals surface area contributed by atoms with Gasteiger partial charge in [-0.1, -0.05) is 24.4 Å². The number of nitrogens with one attached hydrogen (secondary N) is 3. The van der Waals surface area contributed by atoms with Crippen LogP contribution in [-0.2, 0) is 26.0 Å². The number of rotatable bonds is 9. The number of carboxylic acids is 1. The van der Waals surface area contributed by atoms with Crippen LogP contribution in [0.15, 0.2) is 41.7 Å². The van der Waals surface area contributed by atoms with Gasteiger partial charge in [-0.2, -0.15) is 0 Å². The third-order valence-electron chi connectivity index (χ3n) is 3.69. The number of aromatic amines is 1. The summed E-state index contributed by atoms with van der Waals surface area (Å²) in [5.74, 6) is -1.60. The molecule has 0 saturated heterocycles. The van der Waals surface area contributed by atoms with Gasteiger partial charge in [0.15, 0.2) is 0 Å². The maximum Gasteiger partial charge on any atom is 0.326 e. The minimum atomic E-state index is -3.78. The average molecular weight is 425 g/mol. The Morgan fingerprint density at radius 2 is 1.96 bits per heavy atom. The van der Waals surface area contributed by atoms with Crippen LogP contribution in [0.4, 0.5) is 0 Å². The topological polar surface area (TPSA) is 167 Å². The van der Waals surface area contributed by atoms with Crippen LogP contribution in [0.25, 0.3) is 0 Å². The summed E-state index contributed by atoms with van der Waals surface area (Å²) in [6.45, 7) is 0.179. The number of amides is 1. The van der Waals surface area contributed by atoms with Crippen LogP contribution in [0.5, 0.6) is 0 Å². The van der Waals surface area contributed by atoms with Crippen molar-refractivity contribution in [3.8, 4) is 0 Å². The molecule has 0 saturated carbocycles. The maximum absolute atomic E-state index is 12.0. The molecule has 1 aromatic carbocycles. The van der Waals surface area contributed by atoms with Crippen molar-refractivity contribution in [1.82, 2.24) is 20.6 Å². The number of carbonyl (C=O) groups is 2. The van der Waals surface area contributed by atoms with Gasteiger partial charge in [0, 0.05) is 36.8 Å². The van der Waals surface area contributed by atoms with Crippen LogP contribution in [0.1, 0.15) is 17.7 Å². The second-order valence-corrected chi connectivity index (χ2v) is 7.78. The van der Waals surface area contributed by atoms with Gasteiger partial charge in [-0.05, 0) is 12.1 Å². The zero-order valence-electron chi connectivity index (χ0n) is 14.6. The monoisotopic (exact) mass is 425 g/mol. The Labute approximate surface area is 166 Å². The molecule has 0 unspecified atom stereocenters. The van der Waals surface area contributed by atoms with Crippen molar-refractivity contribution < 1.29 is 23.1 Å². The molecule has 12 heteroatoms. The Bertz CT molecular complexity index is 942. The molecule has 0 aliphatic carbocycles. The standard InChI is InChI=1S/C16H19N5O5S2/c17-28(25,26)12-3-1-10(2-4-12)15(27)19-6-5-14(22)21-13(16(23)24)7-11-8-18-9-20-11/h1-4,8-9,13H,5-7H2,(H,18,20)(H,19,27)(H,21,22)(H,23,24)(H2,17,25,26)/t13-/m0/s1. The maximum atomic E-state index is 12.0. The first-order valence-corrected chi connectivity index (χ1v) is 10.0. The fraction of sp³-hybridized carbons (Fsp3) is 0.250. The van der Waals surface area contributed by atoms with Crippen LogP contribution in [0.3, 0.4) is 0 Å². The number of thiocarbonyl (C=S) groups is 1. The zero-order valence-corrected chi connectivity index (χ0v) is 16.2. The van der Waals surface area contributed by atoms with E-state index in [9.17, 15) is 23.1 Å². The molecule has 6 N–H and O–H groups in total. The third-order valence-corrected chi connectivity index (χ3v) is 5.00. The second-order valence-electron chi connectivity index (χ2n) is 5.81. The number of nitrogens with two attached hydrogens (primary N) is 1. The van der Waals surface area contributed by atoms with Gasteiger partial charge in [-0.15, -0.1) is 0 Å². The second kappa shape index (κ2) is 9.39. The lowest BCUT2D eigenvalue weighted by Crippen LogP contribution is -2.43. The van der Waals surface area contributed by atoms with Crippen LogP contribution >= 0.6 is 12.2 Å². The van der Waals surface area contributed by atoms with Crippen LogP contribution < -0.4 is 15.8 Å². The lowest BCUT2D eigenvalue weighted by atomic mass is 10.1. The number of aromatic nitrogens is 2. The van der Waals surface area contributed by atoms with Gasteiger partial charge in [-0.25, -0.2) is 23.3 Å². The normalized spacial score (nSPS) is 12.2. The molecule has 0 aliphatic heterocycles. The minimum absolute atomic E-state index is 0.00214. The van der Waals surface area contributed by atoms with Gasteiger partial charge in [0.1, 0.15) is 11.0 Å². The molecule has 0 aliphatic rings. The molecule has 0 fully saturated rings. The van der Waals surface area contributed by atoms with Crippen molar-refractivity contribution in [3.05, 3.63) is 48.0 Å². The number of nitrogens with zero attached hydrogens (tertiary/aromatic N) is 1. The van der Waals surface area contributed by atoms with Gasteiger partial charge >= 0.3 is 5.97 Å². The minimum Gasteiger partial charge on any atom is -0.480 e. The molecule has 2 aromatic rings. The van der Waals surface area contributed by atoms with Crippen LogP contribution in [0, 0.1) is 0 Å². The number of benzene rings is 1. The molecule has 2 rings (SSSR count). The average Bonchev–Trinajstić information content (AvgIpc) is 3.13.